The summed E-state index contributed by atoms with van der Waals surface area (Å²) in [5, 5.41) is 11.5. The molecule has 7 heteroatoms. The molecule has 0 fully saturated rings. The van der Waals surface area contributed by atoms with Gasteiger partial charge in [-0.1, -0.05) is 11.6 Å². The molecule has 0 atom stereocenters. The van der Waals surface area contributed by atoms with Gasteiger partial charge in [-0.15, -0.1) is 0 Å². The number of aliphatic hydroxyl groups is 1. The zero-order valence-electron chi connectivity index (χ0n) is 10.5. The first-order valence-corrected chi connectivity index (χ1v) is 6.13. The fourth-order valence-electron chi connectivity index (χ4n) is 1.48. The number of nitrogens with zero attached hydrogens (tertiary/aromatic N) is 1. The van der Waals surface area contributed by atoms with E-state index in [2.05, 4.69) is 5.32 Å². The number of nitrogens with one attached hydrogen (secondary N) is 1. The normalized spacial score (nSPS) is 10.1. The summed E-state index contributed by atoms with van der Waals surface area (Å²) in [6.45, 7) is 1.97. The van der Waals surface area contributed by atoms with Gasteiger partial charge in [0.05, 0.1) is 17.3 Å². The number of amides is 2. The highest BCUT2D eigenvalue weighted by atomic mass is 35.5. The second-order valence-electron chi connectivity index (χ2n) is 3.80. The average molecular weight is 286 g/mol. The second kappa shape index (κ2) is 6.96. The van der Waals surface area contributed by atoms with Crippen LogP contribution in [0.25, 0.3) is 0 Å². The van der Waals surface area contributed by atoms with Crippen molar-refractivity contribution in [1.82, 2.24) is 4.90 Å². The molecule has 1 aromatic rings. The molecule has 1 rings (SSSR count). The van der Waals surface area contributed by atoms with E-state index in [0.717, 1.165) is 0 Å². The number of carbonyl (C=O) groups is 2. The lowest BCUT2D eigenvalue weighted by Gasteiger charge is -2.19. The van der Waals surface area contributed by atoms with E-state index in [1.165, 1.54) is 17.0 Å². The fraction of sp³-hybridized carbons (Fsp3) is 0.333. The molecule has 0 unspecified atom stereocenters. The summed E-state index contributed by atoms with van der Waals surface area (Å²) in [5.41, 5.74) is 6.30. The predicted octanol–water partition coefficient (Wildman–Crippen LogP) is 0.702. The first-order chi connectivity index (χ1) is 8.99. The maximum Gasteiger partial charge on any atom is 0.313 e. The number of hydrogen-bond donors (Lipinski definition) is 3. The number of nitrogen functional groups attached to an aromatic ring is 1. The van der Waals surface area contributed by atoms with Gasteiger partial charge in [-0.2, -0.15) is 0 Å². The van der Waals surface area contributed by atoms with Crippen LogP contribution >= 0.6 is 11.6 Å². The fourth-order valence-corrected chi connectivity index (χ4v) is 1.71. The summed E-state index contributed by atoms with van der Waals surface area (Å²) in [5.74, 6) is -1.52. The third-order valence-electron chi connectivity index (χ3n) is 2.47. The van der Waals surface area contributed by atoms with Crippen LogP contribution in [0.3, 0.4) is 0 Å². The maximum atomic E-state index is 11.8. The highest BCUT2D eigenvalue weighted by Crippen LogP contribution is 2.23. The highest BCUT2D eigenvalue weighted by molar-refractivity contribution is 6.41. The molecule has 0 radical (unpaired) electrons. The first kappa shape index (κ1) is 15.3. The van der Waals surface area contributed by atoms with Crippen molar-refractivity contribution < 1.29 is 14.7 Å². The highest BCUT2D eigenvalue weighted by Gasteiger charge is 2.20. The molecule has 6 nitrogen and oxygen atoms in total. The molecule has 0 aliphatic rings. The first-order valence-electron chi connectivity index (χ1n) is 5.75. The van der Waals surface area contributed by atoms with E-state index in [0.29, 0.717) is 17.9 Å². The van der Waals surface area contributed by atoms with Crippen molar-refractivity contribution in [2.75, 3.05) is 30.7 Å². The molecule has 0 saturated heterocycles. The zero-order chi connectivity index (χ0) is 14.4. The Bertz CT molecular complexity index is 479. The van der Waals surface area contributed by atoms with Gasteiger partial charge in [0.25, 0.3) is 0 Å². The number of carbonyl (C=O) groups excluding carboxylic acids is 2. The van der Waals surface area contributed by atoms with Gasteiger partial charge in [-0.25, -0.2) is 0 Å². The summed E-state index contributed by atoms with van der Waals surface area (Å²) in [6, 6.07) is 4.56. The van der Waals surface area contributed by atoms with Crippen molar-refractivity contribution >= 4 is 34.8 Å². The Hall–Kier alpha value is -1.79. The van der Waals surface area contributed by atoms with Crippen LogP contribution in [-0.4, -0.2) is 41.5 Å². The van der Waals surface area contributed by atoms with Gasteiger partial charge in [0.2, 0.25) is 0 Å². The molecule has 104 valence electrons. The minimum atomic E-state index is -0.804. The third-order valence-corrected chi connectivity index (χ3v) is 2.79. The summed E-state index contributed by atoms with van der Waals surface area (Å²) in [6.07, 6.45) is 0. The van der Waals surface area contributed by atoms with Crippen molar-refractivity contribution in [1.29, 1.82) is 0 Å². The van der Waals surface area contributed by atoms with Crippen LogP contribution in [0.4, 0.5) is 11.4 Å². The predicted molar refractivity (Wildman–Crippen MR) is 73.8 cm³/mol. The molecular weight excluding hydrogens is 270 g/mol. The van der Waals surface area contributed by atoms with Crippen molar-refractivity contribution in [3.8, 4) is 0 Å². The number of benzene rings is 1. The SMILES string of the molecule is CCN(CCO)C(=O)C(=O)Nc1ccc(N)cc1Cl. The van der Waals surface area contributed by atoms with E-state index in [1.54, 1.807) is 13.0 Å². The van der Waals surface area contributed by atoms with E-state index in [4.69, 9.17) is 22.4 Å². The number of nitrogens with two attached hydrogens (primary N) is 1. The van der Waals surface area contributed by atoms with Gasteiger partial charge in [-0.05, 0) is 25.1 Å². The van der Waals surface area contributed by atoms with Crippen LogP contribution in [0, 0.1) is 0 Å². The quantitative estimate of drug-likeness (QED) is 0.560. The molecule has 0 aliphatic heterocycles. The molecule has 0 bridgehead atoms. The molecule has 0 aliphatic carbocycles. The van der Waals surface area contributed by atoms with Gasteiger partial charge in [0.15, 0.2) is 0 Å². The molecule has 0 spiro atoms. The molecule has 2 amide bonds. The van der Waals surface area contributed by atoms with Gasteiger partial charge < -0.3 is 21.1 Å². The smallest absolute Gasteiger partial charge is 0.313 e. The second-order valence-corrected chi connectivity index (χ2v) is 4.21. The van der Waals surface area contributed by atoms with Crippen LogP contribution in [0.15, 0.2) is 18.2 Å². The number of rotatable bonds is 4. The Labute approximate surface area is 116 Å². The van der Waals surface area contributed by atoms with Crippen LogP contribution in [-0.2, 0) is 9.59 Å². The van der Waals surface area contributed by atoms with Gasteiger partial charge >= 0.3 is 11.8 Å². The lowest BCUT2D eigenvalue weighted by atomic mass is 10.3. The third kappa shape index (κ3) is 4.11. The van der Waals surface area contributed by atoms with Crippen LogP contribution < -0.4 is 11.1 Å². The number of hydrogen-bond acceptors (Lipinski definition) is 4. The molecule has 1 aromatic carbocycles. The lowest BCUT2D eigenvalue weighted by molar-refractivity contribution is -0.143. The van der Waals surface area contributed by atoms with Crippen molar-refractivity contribution in [3.63, 3.8) is 0 Å². The molecular formula is C12H16ClN3O3. The minimum absolute atomic E-state index is 0.109. The van der Waals surface area contributed by atoms with E-state index in [9.17, 15) is 9.59 Å². The number of anilines is 2. The van der Waals surface area contributed by atoms with Crippen molar-refractivity contribution in [2.24, 2.45) is 0 Å². The summed E-state index contributed by atoms with van der Waals surface area (Å²) in [4.78, 5) is 24.8. The van der Waals surface area contributed by atoms with Gasteiger partial charge in [0, 0.05) is 18.8 Å². The Kier molecular flexibility index (Phi) is 5.59. The number of aliphatic hydroxyl groups excluding tert-OH is 1. The van der Waals surface area contributed by atoms with Crippen molar-refractivity contribution in [2.45, 2.75) is 6.92 Å². The van der Waals surface area contributed by atoms with Crippen molar-refractivity contribution in [3.05, 3.63) is 23.2 Å². The van der Waals surface area contributed by atoms with E-state index in [-0.39, 0.29) is 18.2 Å². The number of likely N-dealkylation sites (N-methyl/N-ethyl adjacent to an activating group) is 1. The Morgan fingerprint density at radius 2 is 2.16 bits per heavy atom. The summed E-state index contributed by atoms with van der Waals surface area (Å²) >= 11 is 5.89. The summed E-state index contributed by atoms with van der Waals surface area (Å²) < 4.78 is 0. The maximum absolute atomic E-state index is 11.8. The minimum Gasteiger partial charge on any atom is -0.399 e. The molecule has 0 aromatic heterocycles. The Balaban J connectivity index is 2.76. The Morgan fingerprint density at radius 1 is 1.47 bits per heavy atom. The van der Waals surface area contributed by atoms with Gasteiger partial charge in [-0.3, -0.25) is 9.59 Å². The topological polar surface area (TPSA) is 95.7 Å². The van der Waals surface area contributed by atoms with E-state index < -0.39 is 11.8 Å². The monoisotopic (exact) mass is 285 g/mol. The van der Waals surface area contributed by atoms with E-state index in [1.807, 2.05) is 0 Å². The molecule has 19 heavy (non-hydrogen) atoms. The van der Waals surface area contributed by atoms with Crippen LogP contribution in [0.2, 0.25) is 5.02 Å². The van der Waals surface area contributed by atoms with Gasteiger partial charge in [0.1, 0.15) is 0 Å². The average Bonchev–Trinajstić information content (AvgIpc) is 2.38. The standard InChI is InChI=1S/C12H16ClN3O3/c1-2-16(5-6-17)12(19)11(18)15-10-4-3-8(14)7-9(10)13/h3-4,7,17H,2,5-6,14H2,1H3,(H,15,18). The molecule has 0 heterocycles. The lowest BCUT2D eigenvalue weighted by Crippen LogP contribution is -2.41. The summed E-state index contributed by atoms with van der Waals surface area (Å²) in [7, 11) is 0. The Morgan fingerprint density at radius 3 is 2.68 bits per heavy atom. The van der Waals surface area contributed by atoms with Crippen LogP contribution in [0.1, 0.15) is 6.92 Å². The molecule has 4 N–H and O–H groups in total. The largest absolute Gasteiger partial charge is 0.399 e. The molecule has 0 saturated carbocycles. The van der Waals surface area contributed by atoms with Crippen LogP contribution in [0.5, 0.6) is 0 Å². The van der Waals surface area contributed by atoms with E-state index >= 15 is 0 Å². The zero-order valence-corrected chi connectivity index (χ0v) is 11.3. The number of halogens is 1.